The first-order chi connectivity index (χ1) is 7.75. The van der Waals surface area contributed by atoms with E-state index in [2.05, 4.69) is 4.98 Å². The molecule has 0 spiro atoms. The van der Waals surface area contributed by atoms with Gasteiger partial charge in [-0.1, -0.05) is 23.7 Å². The molecule has 0 aliphatic heterocycles. The largest absolute Gasteiger partial charge is 0.486 e. The number of nitrogens with two attached hydrogens (primary N) is 1. The maximum absolute atomic E-state index is 5.95. The third-order valence-electron chi connectivity index (χ3n) is 2.05. The minimum atomic E-state index is 0.356. The van der Waals surface area contributed by atoms with Gasteiger partial charge in [-0.3, -0.25) is 4.98 Å². The fourth-order valence-electron chi connectivity index (χ4n) is 1.29. The molecule has 2 N–H and O–H groups in total. The van der Waals surface area contributed by atoms with Crippen LogP contribution in [0, 0.1) is 0 Å². The van der Waals surface area contributed by atoms with Crippen LogP contribution in [0.4, 0.5) is 5.69 Å². The van der Waals surface area contributed by atoms with Crippen molar-refractivity contribution in [2.45, 2.75) is 6.61 Å². The average Bonchev–Trinajstić information content (AvgIpc) is 2.28. The Morgan fingerprint density at radius 2 is 2.06 bits per heavy atom. The summed E-state index contributed by atoms with van der Waals surface area (Å²) < 4.78 is 5.53. The molecule has 0 fully saturated rings. The summed E-state index contributed by atoms with van der Waals surface area (Å²) in [5, 5.41) is 0.589. The quantitative estimate of drug-likeness (QED) is 0.888. The minimum Gasteiger partial charge on any atom is -0.486 e. The van der Waals surface area contributed by atoms with Crippen LogP contribution in [0.5, 0.6) is 5.75 Å². The van der Waals surface area contributed by atoms with E-state index in [9.17, 15) is 0 Å². The van der Waals surface area contributed by atoms with Crippen LogP contribution in [0.1, 0.15) is 5.69 Å². The topological polar surface area (TPSA) is 48.1 Å². The number of hydrogen-bond acceptors (Lipinski definition) is 3. The predicted octanol–water partition coefficient (Wildman–Crippen LogP) is 2.90. The highest BCUT2D eigenvalue weighted by molar-refractivity contribution is 6.32. The molecular formula is C12H11ClN2O. The van der Waals surface area contributed by atoms with Crippen molar-refractivity contribution in [1.29, 1.82) is 0 Å². The number of halogens is 1. The van der Waals surface area contributed by atoms with Crippen LogP contribution >= 0.6 is 11.6 Å². The highest BCUT2D eigenvalue weighted by Gasteiger charge is 2.01. The zero-order valence-electron chi connectivity index (χ0n) is 8.56. The lowest BCUT2D eigenvalue weighted by atomic mass is 10.3. The Morgan fingerprint density at radius 1 is 1.25 bits per heavy atom. The summed E-state index contributed by atoms with van der Waals surface area (Å²) in [6.45, 7) is 0.356. The summed E-state index contributed by atoms with van der Waals surface area (Å²) in [5.74, 6) is 0.647. The van der Waals surface area contributed by atoms with E-state index in [1.54, 1.807) is 24.4 Å². The van der Waals surface area contributed by atoms with E-state index < -0.39 is 0 Å². The number of hydrogen-bond donors (Lipinski definition) is 1. The van der Waals surface area contributed by atoms with Crippen molar-refractivity contribution >= 4 is 17.3 Å². The van der Waals surface area contributed by atoms with E-state index in [0.29, 0.717) is 23.1 Å². The molecule has 0 saturated heterocycles. The van der Waals surface area contributed by atoms with E-state index >= 15 is 0 Å². The van der Waals surface area contributed by atoms with Crippen molar-refractivity contribution < 1.29 is 4.74 Å². The number of benzene rings is 1. The second-order valence-electron chi connectivity index (χ2n) is 3.30. The Balaban J connectivity index is 2.05. The van der Waals surface area contributed by atoms with E-state index in [4.69, 9.17) is 22.1 Å². The van der Waals surface area contributed by atoms with Crippen LogP contribution in [0.15, 0.2) is 42.6 Å². The number of para-hydroxylation sites is 1. The first-order valence-electron chi connectivity index (χ1n) is 4.83. The van der Waals surface area contributed by atoms with Crippen molar-refractivity contribution in [1.82, 2.24) is 4.98 Å². The molecular weight excluding hydrogens is 224 g/mol. The highest BCUT2D eigenvalue weighted by Crippen LogP contribution is 2.23. The van der Waals surface area contributed by atoms with Gasteiger partial charge in [-0.2, -0.15) is 0 Å². The first-order valence-corrected chi connectivity index (χ1v) is 5.21. The molecule has 0 radical (unpaired) electrons. The SMILES string of the molecule is Nc1ccnc(COc2ccccc2Cl)c1. The van der Waals surface area contributed by atoms with Gasteiger partial charge in [0, 0.05) is 11.9 Å². The summed E-state index contributed by atoms with van der Waals surface area (Å²) in [6, 6.07) is 10.8. The van der Waals surface area contributed by atoms with Gasteiger partial charge in [-0.25, -0.2) is 0 Å². The van der Waals surface area contributed by atoms with Gasteiger partial charge in [0.05, 0.1) is 10.7 Å². The number of aromatic nitrogens is 1. The van der Waals surface area contributed by atoms with Crippen LogP contribution in [0.25, 0.3) is 0 Å². The molecule has 4 heteroatoms. The molecule has 16 heavy (non-hydrogen) atoms. The summed E-state index contributed by atoms with van der Waals surface area (Å²) >= 11 is 5.95. The van der Waals surface area contributed by atoms with Crippen LogP contribution in [0.3, 0.4) is 0 Å². The minimum absolute atomic E-state index is 0.356. The Hall–Kier alpha value is -1.74. The molecule has 0 aliphatic rings. The summed E-state index contributed by atoms with van der Waals surface area (Å²) in [5.41, 5.74) is 7.09. The molecule has 0 amide bonds. The Kier molecular flexibility index (Phi) is 3.27. The fraction of sp³-hybridized carbons (Fsp3) is 0.0833. The average molecular weight is 235 g/mol. The van der Waals surface area contributed by atoms with Gasteiger partial charge < -0.3 is 10.5 Å². The molecule has 82 valence electrons. The molecule has 0 atom stereocenters. The molecule has 0 unspecified atom stereocenters. The Bertz CT molecular complexity index is 488. The number of ether oxygens (including phenoxy) is 1. The van der Waals surface area contributed by atoms with Crippen molar-refractivity contribution in [3.63, 3.8) is 0 Å². The molecule has 2 aromatic rings. The van der Waals surface area contributed by atoms with Gasteiger partial charge in [-0.15, -0.1) is 0 Å². The monoisotopic (exact) mass is 234 g/mol. The normalized spacial score (nSPS) is 10.1. The van der Waals surface area contributed by atoms with E-state index in [0.717, 1.165) is 5.69 Å². The smallest absolute Gasteiger partial charge is 0.138 e. The standard InChI is InChI=1S/C12H11ClN2O/c13-11-3-1-2-4-12(11)16-8-10-7-9(14)5-6-15-10/h1-7H,8H2,(H2,14,15). The van der Waals surface area contributed by atoms with Gasteiger partial charge in [0.15, 0.2) is 0 Å². The van der Waals surface area contributed by atoms with Crippen molar-refractivity contribution in [3.8, 4) is 5.75 Å². The third-order valence-corrected chi connectivity index (χ3v) is 2.37. The van der Waals surface area contributed by atoms with Crippen molar-refractivity contribution in [2.24, 2.45) is 0 Å². The number of anilines is 1. The highest BCUT2D eigenvalue weighted by atomic mass is 35.5. The van der Waals surface area contributed by atoms with E-state index in [-0.39, 0.29) is 0 Å². The number of nitrogens with zero attached hydrogens (tertiary/aromatic N) is 1. The van der Waals surface area contributed by atoms with Crippen LogP contribution in [-0.4, -0.2) is 4.98 Å². The van der Waals surface area contributed by atoms with Gasteiger partial charge in [-0.05, 0) is 24.3 Å². The first kappa shape index (κ1) is 10.8. The summed E-state index contributed by atoms with van der Waals surface area (Å²) in [4.78, 5) is 4.14. The number of rotatable bonds is 3. The van der Waals surface area contributed by atoms with Crippen molar-refractivity contribution in [2.75, 3.05) is 5.73 Å². The lowest BCUT2D eigenvalue weighted by Crippen LogP contribution is -1.99. The van der Waals surface area contributed by atoms with Crippen LogP contribution < -0.4 is 10.5 Å². The molecule has 1 aromatic carbocycles. The third kappa shape index (κ3) is 2.64. The number of nitrogen functional groups attached to an aromatic ring is 1. The van der Waals surface area contributed by atoms with E-state index in [1.807, 2.05) is 18.2 Å². The fourth-order valence-corrected chi connectivity index (χ4v) is 1.48. The molecule has 1 heterocycles. The molecule has 0 aliphatic carbocycles. The molecule has 0 bridgehead atoms. The molecule has 3 nitrogen and oxygen atoms in total. The van der Waals surface area contributed by atoms with Gasteiger partial charge >= 0.3 is 0 Å². The van der Waals surface area contributed by atoms with Crippen LogP contribution in [-0.2, 0) is 6.61 Å². The zero-order valence-corrected chi connectivity index (χ0v) is 9.32. The Labute approximate surface area is 98.8 Å². The van der Waals surface area contributed by atoms with Gasteiger partial charge in [0.2, 0.25) is 0 Å². The number of pyridine rings is 1. The predicted molar refractivity (Wildman–Crippen MR) is 64.4 cm³/mol. The lowest BCUT2D eigenvalue weighted by Gasteiger charge is -2.07. The molecule has 0 saturated carbocycles. The zero-order chi connectivity index (χ0) is 11.4. The summed E-state index contributed by atoms with van der Waals surface area (Å²) in [6.07, 6.45) is 1.65. The second kappa shape index (κ2) is 4.86. The Morgan fingerprint density at radius 3 is 2.81 bits per heavy atom. The summed E-state index contributed by atoms with van der Waals surface area (Å²) in [7, 11) is 0. The molecule has 2 rings (SSSR count). The van der Waals surface area contributed by atoms with Crippen LogP contribution in [0.2, 0.25) is 5.02 Å². The molecule has 1 aromatic heterocycles. The van der Waals surface area contributed by atoms with Crippen molar-refractivity contribution in [3.05, 3.63) is 53.3 Å². The maximum Gasteiger partial charge on any atom is 0.138 e. The second-order valence-corrected chi connectivity index (χ2v) is 3.71. The lowest BCUT2D eigenvalue weighted by molar-refractivity contribution is 0.301. The van der Waals surface area contributed by atoms with Gasteiger partial charge in [0.1, 0.15) is 12.4 Å². The van der Waals surface area contributed by atoms with E-state index in [1.165, 1.54) is 0 Å². The van der Waals surface area contributed by atoms with Gasteiger partial charge in [0.25, 0.3) is 0 Å². The maximum atomic E-state index is 5.95.